The van der Waals surface area contributed by atoms with Gasteiger partial charge in [0, 0.05) is 29.4 Å². The third kappa shape index (κ3) is 4.09. The van der Waals surface area contributed by atoms with Crippen molar-refractivity contribution in [2.75, 3.05) is 20.2 Å². The van der Waals surface area contributed by atoms with Crippen LogP contribution in [0.3, 0.4) is 0 Å². The average Bonchev–Trinajstić information content (AvgIpc) is 3.40. The Morgan fingerprint density at radius 2 is 1.97 bits per heavy atom. The van der Waals surface area contributed by atoms with Crippen molar-refractivity contribution in [2.45, 2.75) is 33.2 Å². The Labute approximate surface area is 176 Å². The van der Waals surface area contributed by atoms with Gasteiger partial charge in [-0.05, 0) is 43.7 Å². The van der Waals surface area contributed by atoms with Crippen LogP contribution in [-0.2, 0) is 6.54 Å². The zero-order chi connectivity index (χ0) is 21.1. The maximum atomic E-state index is 12.6. The topological polar surface area (TPSA) is 68.3 Å². The van der Waals surface area contributed by atoms with Crippen molar-refractivity contribution in [2.24, 2.45) is 5.10 Å². The highest BCUT2D eigenvalue weighted by Crippen LogP contribution is 2.25. The van der Waals surface area contributed by atoms with Crippen LogP contribution in [0.4, 0.5) is 0 Å². The van der Waals surface area contributed by atoms with Gasteiger partial charge in [-0.15, -0.1) is 0 Å². The van der Waals surface area contributed by atoms with E-state index in [0.717, 1.165) is 34.5 Å². The lowest BCUT2D eigenvalue weighted by molar-refractivity contribution is -0.901. The number of benzene rings is 2. The zero-order valence-corrected chi connectivity index (χ0v) is 17.7. The molecule has 3 aromatic rings. The molecule has 1 aromatic heterocycles. The quantitative estimate of drug-likeness (QED) is 0.488. The van der Waals surface area contributed by atoms with E-state index in [1.54, 1.807) is 12.0 Å². The predicted molar refractivity (Wildman–Crippen MR) is 117 cm³/mol. The lowest BCUT2D eigenvalue weighted by Crippen LogP contribution is -3.08. The molecule has 0 bridgehead atoms. The molecular formula is C24H28N3O3+. The molecule has 1 aliphatic heterocycles. The number of fused-ring (bicyclic) bond motifs is 1. The molecule has 0 unspecified atom stereocenters. The molecule has 1 amide bonds. The first-order valence-electron chi connectivity index (χ1n) is 10.4. The molecule has 30 heavy (non-hydrogen) atoms. The van der Waals surface area contributed by atoms with Gasteiger partial charge in [-0.2, -0.15) is 5.10 Å². The molecule has 6 nitrogen and oxygen atoms in total. The van der Waals surface area contributed by atoms with Gasteiger partial charge in [0.15, 0.2) is 5.76 Å². The third-order valence-electron chi connectivity index (χ3n) is 5.82. The summed E-state index contributed by atoms with van der Waals surface area (Å²) in [6.45, 7) is 7.11. The lowest BCUT2D eigenvalue weighted by Gasteiger charge is -2.15. The molecule has 2 N–H and O–H groups in total. The number of furan rings is 1. The fourth-order valence-electron chi connectivity index (χ4n) is 4.10. The second-order valence-corrected chi connectivity index (χ2v) is 7.85. The van der Waals surface area contributed by atoms with Crippen molar-refractivity contribution in [3.63, 3.8) is 0 Å². The normalized spacial score (nSPS) is 15.0. The molecule has 6 heteroatoms. The summed E-state index contributed by atoms with van der Waals surface area (Å²) in [5, 5.41) is 5.26. The molecule has 1 saturated heterocycles. The van der Waals surface area contributed by atoms with E-state index in [1.807, 2.05) is 50.2 Å². The van der Waals surface area contributed by atoms with E-state index in [9.17, 15) is 4.79 Å². The van der Waals surface area contributed by atoms with Crippen molar-refractivity contribution in [1.82, 2.24) is 5.43 Å². The minimum atomic E-state index is -0.349. The SMILES string of the molecule is COc1ccc(/C(C)=N\NC(=O)c2oc3ccccc3c2C)cc1C[NH+]1CCCC1. The van der Waals surface area contributed by atoms with Crippen molar-refractivity contribution in [3.05, 3.63) is 64.9 Å². The summed E-state index contributed by atoms with van der Waals surface area (Å²) in [5.41, 5.74) is 7.02. The standard InChI is InChI=1S/C24H27N3O3/c1-16-20-8-4-5-9-22(20)30-23(16)24(28)26-25-17(2)18-10-11-21(29-3)19(14-18)15-27-12-6-7-13-27/h4-5,8-11,14H,6-7,12-13,15H2,1-3H3,(H,26,28)/p+1/b25-17-. The Morgan fingerprint density at radius 3 is 2.70 bits per heavy atom. The fourth-order valence-corrected chi connectivity index (χ4v) is 4.10. The molecular weight excluding hydrogens is 378 g/mol. The van der Waals surface area contributed by atoms with E-state index in [4.69, 9.17) is 9.15 Å². The highest BCUT2D eigenvalue weighted by molar-refractivity contribution is 6.02. The van der Waals surface area contributed by atoms with Gasteiger partial charge in [-0.25, -0.2) is 5.43 Å². The Balaban J connectivity index is 1.52. The molecule has 2 aromatic carbocycles. The first-order valence-corrected chi connectivity index (χ1v) is 10.4. The minimum absolute atomic E-state index is 0.292. The van der Waals surface area contributed by atoms with Gasteiger partial charge in [-0.3, -0.25) is 4.79 Å². The molecule has 156 valence electrons. The molecule has 1 aliphatic rings. The summed E-state index contributed by atoms with van der Waals surface area (Å²) in [5.74, 6) is 0.840. The van der Waals surface area contributed by atoms with Crippen molar-refractivity contribution < 1.29 is 18.8 Å². The van der Waals surface area contributed by atoms with Crippen LogP contribution in [0, 0.1) is 6.92 Å². The number of amides is 1. The molecule has 4 rings (SSSR count). The predicted octanol–water partition coefficient (Wildman–Crippen LogP) is 3.08. The smallest absolute Gasteiger partial charge is 0.307 e. The van der Waals surface area contributed by atoms with Gasteiger partial charge in [0.1, 0.15) is 17.9 Å². The van der Waals surface area contributed by atoms with Crippen LogP contribution in [0.25, 0.3) is 11.0 Å². The van der Waals surface area contributed by atoms with E-state index >= 15 is 0 Å². The molecule has 0 radical (unpaired) electrons. The number of nitrogens with one attached hydrogen (secondary N) is 2. The van der Waals surface area contributed by atoms with Crippen LogP contribution < -0.4 is 15.1 Å². The minimum Gasteiger partial charge on any atom is -0.496 e. The maximum Gasteiger partial charge on any atom is 0.307 e. The Hall–Kier alpha value is -3.12. The maximum absolute atomic E-state index is 12.6. The van der Waals surface area contributed by atoms with Gasteiger partial charge in [0.25, 0.3) is 0 Å². The number of likely N-dealkylation sites (tertiary alicyclic amines) is 1. The largest absolute Gasteiger partial charge is 0.496 e. The van der Waals surface area contributed by atoms with Gasteiger partial charge >= 0.3 is 5.91 Å². The second-order valence-electron chi connectivity index (χ2n) is 7.85. The number of hydrogen-bond donors (Lipinski definition) is 2. The van der Waals surface area contributed by atoms with Crippen molar-refractivity contribution >= 4 is 22.6 Å². The Morgan fingerprint density at radius 1 is 1.20 bits per heavy atom. The number of quaternary nitrogens is 1. The van der Waals surface area contributed by atoms with Crippen molar-refractivity contribution in [1.29, 1.82) is 0 Å². The van der Waals surface area contributed by atoms with Crippen LogP contribution in [0.15, 0.2) is 52.0 Å². The summed E-state index contributed by atoms with van der Waals surface area (Å²) in [7, 11) is 1.70. The van der Waals surface area contributed by atoms with Gasteiger partial charge in [-0.1, -0.05) is 18.2 Å². The Kier molecular flexibility index (Phi) is 5.86. The number of aryl methyl sites for hydroxylation is 1. The monoisotopic (exact) mass is 406 g/mol. The van der Waals surface area contributed by atoms with Crippen LogP contribution in [0.2, 0.25) is 0 Å². The molecule has 2 heterocycles. The van der Waals surface area contributed by atoms with E-state index in [-0.39, 0.29) is 5.91 Å². The van der Waals surface area contributed by atoms with Crippen LogP contribution in [0.1, 0.15) is 47.0 Å². The summed E-state index contributed by atoms with van der Waals surface area (Å²) in [4.78, 5) is 14.2. The van der Waals surface area contributed by atoms with Crippen molar-refractivity contribution in [3.8, 4) is 5.75 Å². The summed E-state index contributed by atoms with van der Waals surface area (Å²) < 4.78 is 11.3. The molecule has 0 spiro atoms. The first-order chi connectivity index (χ1) is 14.6. The number of carbonyl (C=O) groups excluding carboxylic acids is 1. The molecule has 0 atom stereocenters. The summed E-state index contributed by atoms with van der Waals surface area (Å²) >= 11 is 0. The highest BCUT2D eigenvalue weighted by Gasteiger charge is 2.19. The summed E-state index contributed by atoms with van der Waals surface area (Å²) in [6, 6.07) is 13.7. The number of para-hydroxylation sites is 1. The summed E-state index contributed by atoms with van der Waals surface area (Å²) in [6.07, 6.45) is 2.57. The number of hydrogen-bond acceptors (Lipinski definition) is 4. The lowest BCUT2D eigenvalue weighted by atomic mass is 10.1. The Bertz CT molecular complexity index is 1090. The molecule has 1 fully saturated rings. The number of rotatable bonds is 6. The second kappa shape index (κ2) is 8.71. The fraction of sp³-hybridized carbons (Fsp3) is 0.333. The number of hydrazone groups is 1. The van der Waals surface area contributed by atoms with Gasteiger partial charge in [0.2, 0.25) is 0 Å². The number of nitrogens with zero attached hydrogens (tertiary/aromatic N) is 1. The average molecular weight is 407 g/mol. The number of ether oxygens (including phenoxy) is 1. The highest BCUT2D eigenvalue weighted by atomic mass is 16.5. The van der Waals surface area contributed by atoms with E-state index in [2.05, 4.69) is 16.6 Å². The first kappa shape index (κ1) is 20.2. The van der Waals surface area contributed by atoms with Gasteiger partial charge in [0.05, 0.1) is 25.9 Å². The number of carbonyl (C=O) groups is 1. The van der Waals surface area contributed by atoms with E-state index < -0.39 is 0 Å². The third-order valence-corrected chi connectivity index (χ3v) is 5.82. The zero-order valence-electron chi connectivity index (χ0n) is 17.7. The van der Waals surface area contributed by atoms with Crippen LogP contribution in [0.5, 0.6) is 5.75 Å². The molecule has 0 saturated carbocycles. The number of methoxy groups -OCH3 is 1. The van der Waals surface area contributed by atoms with E-state index in [0.29, 0.717) is 11.3 Å². The van der Waals surface area contributed by atoms with Gasteiger partial charge < -0.3 is 14.1 Å². The van der Waals surface area contributed by atoms with Crippen LogP contribution >= 0.6 is 0 Å². The van der Waals surface area contributed by atoms with Crippen LogP contribution in [-0.4, -0.2) is 31.8 Å². The van der Waals surface area contributed by atoms with E-state index in [1.165, 1.54) is 31.5 Å². The molecule has 0 aliphatic carbocycles.